The van der Waals surface area contributed by atoms with Gasteiger partial charge in [-0.3, -0.25) is 0 Å². The maximum atomic E-state index is 6.10. The van der Waals surface area contributed by atoms with Crippen molar-refractivity contribution in [3.63, 3.8) is 0 Å². The molecule has 0 saturated carbocycles. The molecule has 0 amide bonds. The van der Waals surface area contributed by atoms with Crippen LogP contribution in [0.25, 0.3) is 0 Å². The Hall–Kier alpha value is -2.04. The van der Waals surface area contributed by atoms with Crippen LogP contribution in [0.4, 0.5) is 0 Å². The summed E-state index contributed by atoms with van der Waals surface area (Å²) in [6, 6.07) is 14.4. The Morgan fingerprint density at radius 3 is 2.62 bits per heavy atom. The molecule has 0 radical (unpaired) electrons. The number of aryl methyl sites for hydroxylation is 1. The minimum absolute atomic E-state index is 0.537. The summed E-state index contributed by atoms with van der Waals surface area (Å²) in [5.74, 6) is 1.60. The van der Waals surface area contributed by atoms with E-state index in [0.29, 0.717) is 6.61 Å². The number of nitrogens with one attached hydrogen (secondary N) is 2. The maximum absolute atomic E-state index is 6.10. The summed E-state index contributed by atoms with van der Waals surface area (Å²) in [4.78, 5) is 0. The number of rotatable bonds is 10. The lowest BCUT2D eigenvalue weighted by Crippen LogP contribution is -2.19. The van der Waals surface area contributed by atoms with Gasteiger partial charge < -0.3 is 20.1 Å². The van der Waals surface area contributed by atoms with E-state index in [0.717, 1.165) is 48.7 Å². The van der Waals surface area contributed by atoms with Crippen molar-refractivity contribution >= 4 is 0 Å². The van der Waals surface area contributed by atoms with Crippen LogP contribution in [0.2, 0.25) is 0 Å². The van der Waals surface area contributed by atoms with Crippen molar-refractivity contribution in [3.8, 4) is 11.5 Å². The first-order chi connectivity index (χ1) is 11.7. The average molecular weight is 328 g/mol. The van der Waals surface area contributed by atoms with Crippen LogP contribution in [0.15, 0.2) is 42.5 Å². The third-order valence-corrected chi connectivity index (χ3v) is 3.84. The van der Waals surface area contributed by atoms with Crippen molar-refractivity contribution in [3.05, 3.63) is 59.2 Å². The first-order valence-electron chi connectivity index (χ1n) is 8.44. The Morgan fingerprint density at radius 2 is 1.88 bits per heavy atom. The van der Waals surface area contributed by atoms with Crippen molar-refractivity contribution in [2.45, 2.75) is 26.5 Å². The number of hydrogen-bond donors (Lipinski definition) is 2. The smallest absolute Gasteiger partial charge is 0.166 e. The van der Waals surface area contributed by atoms with Crippen LogP contribution in [0.1, 0.15) is 23.1 Å². The Labute approximate surface area is 145 Å². The third kappa shape index (κ3) is 5.55. The fourth-order valence-corrected chi connectivity index (χ4v) is 2.60. The van der Waals surface area contributed by atoms with Gasteiger partial charge in [-0.25, -0.2) is 0 Å². The normalized spacial score (nSPS) is 10.6. The number of benzene rings is 2. The maximum Gasteiger partial charge on any atom is 0.166 e. The van der Waals surface area contributed by atoms with E-state index in [1.165, 1.54) is 5.56 Å². The molecule has 0 aliphatic rings. The van der Waals surface area contributed by atoms with E-state index in [4.69, 9.17) is 9.47 Å². The number of para-hydroxylation sites is 1. The first-order valence-corrected chi connectivity index (χ1v) is 8.44. The second-order valence-corrected chi connectivity index (χ2v) is 5.86. The molecular formula is C20H28N2O2. The largest absolute Gasteiger partial charge is 0.493 e. The molecule has 24 heavy (non-hydrogen) atoms. The summed E-state index contributed by atoms with van der Waals surface area (Å²) >= 11 is 0. The fraction of sp³-hybridized carbons (Fsp3) is 0.400. The van der Waals surface area contributed by atoms with Gasteiger partial charge in [0.15, 0.2) is 11.5 Å². The van der Waals surface area contributed by atoms with Crippen molar-refractivity contribution in [1.82, 2.24) is 10.6 Å². The number of methoxy groups -OCH3 is 1. The van der Waals surface area contributed by atoms with Crippen LogP contribution in [0.5, 0.6) is 11.5 Å². The SMILES string of the molecule is CNCCCNCc1cccc(OC)c1OCc1cccc(C)c1. The van der Waals surface area contributed by atoms with Gasteiger partial charge in [0.2, 0.25) is 0 Å². The van der Waals surface area contributed by atoms with Crippen molar-refractivity contribution in [1.29, 1.82) is 0 Å². The minimum Gasteiger partial charge on any atom is -0.493 e. The lowest BCUT2D eigenvalue weighted by molar-refractivity contribution is 0.280. The van der Waals surface area contributed by atoms with Crippen LogP contribution >= 0.6 is 0 Å². The van der Waals surface area contributed by atoms with Crippen LogP contribution < -0.4 is 20.1 Å². The van der Waals surface area contributed by atoms with Gasteiger partial charge in [0.05, 0.1) is 7.11 Å². The number of ether oxygens (including phenoxy) is 2. The zero-order valence-corrected chi connectivity index (χ0v) is 14.9. The lowest BCUT2D eigenvalue weighted by Gasteiger charge is -2.16. The molecule has 130 valence electrons. The zero-order valence-electron chi connectivity index (χ0n) is 14.9. The van der Waals surface area contributed by atoms with E-state index in [-0.39, 0.29) is 0 Å². The molecule has 2 aromatic carbocycles. The molecule has 0 unspecified atom stereocenters. The van der Waals surface area contributed by atoms with E-state index >= 15 is 0 Å². The molecule has 0 heterocycles. The van der Waals surface area contributed by atoms with E-state index in [1.807, 2.05) is 19.2 Å². The predicted molar refractivity (Wildman–Crippen MR) is 98.8 cm³/mol. The highest BCUT2D eigenvalue weighted by Crippen LogP contribution is 2.31. The molecule has 0 atom stereocenters. The van der Waals surface area contributed by atoms with Crippen LogP contribution in [0, 0.1) is 6.92 Å². The number of hydrogen-bond acceptors (Lipinski definition) is 4. The molecule has 0 saturated heterocycles. The third-order valence-electron chi connectivity index (χ3n) is 3.84. The average Bonchev–Trinajstić information content (AvgIpc) is 2.60. The molecule has 0 aromatic heterocycles. The van der Waals surface area contributed by atoms with E-state index in [2.05, 4.69) is 47.9 Å². The monoisotopic (exact) mass is 328 g/mol. The van der Waals surface area contributed by atoms with Gasteiger partial charge in [0, 0.05) is 12.1 Å². The Bertz CT molecular complexity index is 629. The zero-order chi connectivity index (χ0) is 17.2. The summed E-state index contributed by atoms with van der Waals surface area (Å²) in [5, 5.41) is 6.61. The van der Waals surface area contributed by atoms with Gasteiger partial charge in [-0.05, 0) is 45.1 Å². The van der Waals surface area contributed by atoms with E-state index < -0.39 is 0 Å². The predicted octanol–water partition coefficient (Wildman–Crippen LogP) is 3.28. The molecule has 2 N–H and O–H groups in total. The van der Waals surface area contributed by atoms with Crippen LogP contribution in [-0.2, 0) is 13.2 Å². The summed E-state index contributed by atoms with van der Waals surface area (Å²) in [6.45, 7) is 5.38. The summed E-state index contributed by atoms with van der Waals surface area (Å²) in [5.41, 5.74) is 3.52. The van der Waals surface area contributed by atoms with Gasteiger partial charge in [0.1, 0.15) is 6.61 Å². The molecule has 0 aliphatic heterocycles. The molecule has 0 spiro atoms. The molecule has 0 fully saturated rings. The van der Waals surface area contributed by atoms with Crippen molar-refractivity contribution < 1.29 is 9.47 Å². The van der Waals surface area contributed by atoms with Crippen LogP contribution in [0.3, 0.4) is 0 Å². The molecule has 0 aliphatic carbocycles. The standard InChI is InChI=1S/C20H28N2O2/c1-16-7-4-8-17(13-16)15-24-20-18(9-5-10-19(20)23-3)14-22-12-6-11-21-2/h4-5,7-10,13,21-22H,6,11-12,14-15H2,1-3H3. The van der Waals surface area contributed by atoms with Crippen molar-refractivity contribution in [2.24, 2.45) is 0 Å². The second kappa shape index (κ2) is 9.96. The Balaban J connectivity index is 2.02. The topological polar surface area (TPSA) is 42.5 Å². The fourth-order valence-electron chi connectivity index (χ4n) is 2.60. The second-order valence-electron chi connectivity index (χ2n) is 5.86. The van der Waals surface area contributed by atoms with Gasteiger partial charge in [-0.15, -0.1) is 0 Å². The first kappa shape index (κ1) is 18.3. The highest BCUT2D eigenvalue weighted by molar-refractivity contribution is 5.46. The van der Waals surface area contributed by atoms with Gasteiger partial charge in [-0.1, -0.05) is 42.0 Å². The minimum atomic E-state index is 0.537. The van der Waals surface area contributed by atoms with Gasteiger partial charge >= 0.3 is 0 Å². The molecule has 2 aromatic rings. The molecule has 4 nitrogen and oxygen atoms in total. The van der Waals surface area contributed by atoms with Gasteiger partial charge in [-0.2, -0.15) is 0 Å². The Morgan fingerprint density at radius 1 is 1.04 bits per heavy atom. The van der Waals surface area contributed by atoms with E-state index in [1.54, 1.807) is 7.11 Å². The molecule has 0 bridgehead atoms. The lowest BCUT2D eigenvalue weighted by atomic mass is 10.1. The van der Waals surface area contributed by atoms with E-state index in [9.17, 15) is 0 Å². The van der Waals surface area contributed by atoms with Crippen molar-refractivity contribution in [2.75, 3.05) is 27.2 Å². The summed E-state index contributed by atoms with van der Waals surface area (Å²) in [6.07, 6.45) is 1.10. The highest BCUT2D eigenvalue weighted by Gasteiger charge is 2.10. The Kier molecular flexibility index (Phi) is 7.59. The quantitative estimate of drug-likeness (QED) is 0.657. The van der Waals surface area contributed by atoms with Gasteiger partial charge in [0.25, 0.3) is 0 Å². The summed E-state index contributed by atoms with van der Waals surface area (Å²) in [7, 11) is 3.65. The molecular weight excluding hydrogens is 300 g/mol. The highest BCUT2D eigenvalue weighted by atomic mass is 16.5. The van der Waals surface area contributed by atoms with Crippen LogP contribution in [-0.4, -0.2) is 27.2 Å². The molecule has 2 rings (SSSR count). The molecule has 4 heteroatoms. The summed E-state index contributed by atoms with van der Waals surface area (Å²) < 4.78 is 11.6.